The predicted octanol–water partition coefficient (Wildman–Crippen LogP) is 2.35. The second-order valence-corrected chi connectivity index (χ2v) is 5.38. The summed E-state index contributed by atoms with van der Waals surface area (Å²) in [6.07, 6.45) is 4.17. The van der Waals surface area contributed by atoms with Crippen molar-refractivity contribution in [1.82, 2.24) is 10.6 Å². The summed E-state index contributed by atoms with van der Waals surface area (Å²) in [5, 5.41) is 5.65. The van der Waals surface area contributed by atoms with Crippen LogP contribution in [0.1, 0.15) is 43.7 Å². The van der Waals surface area contributed by atoms with Crippen LogP contribution in [0.4, 0.5) is 0 Å². The Balaban J connectivity index is 2.01. The summed E-state index contributed by atoms with van der Waals surface area (Å²) in [4.78, 5) is 22.3. The fourth-order valence-electron chi connectivity index (χ4n) is 2.04. The van der Waals surface area contributed by atoms with Crippen molar-refractivity contribution in [2.45, 2.75) is 46.0 Å². The molecule has 0 aliphatic heterocycles. The molecule has 2 N–H and O–H groups in total. The first-order valence-electron chi connectivity index (χ1n) is 7.64. The van der Waals surface area contributed by atoms with Crippen LogP contribution in [0.25, 0.3) is 0 Å². The lowest BCUT2D eigenvalue weighted by Gasteiger charge is -2.06. The van der Waals surface area contributed by atoms with Crippen LogP contribution >= 0.6 is 0 Å². The Morgan fingerprint density at radius 3 is 2.19 bits per heavy atom. The van der Waals surface area contributed by atoms with Crippen molar-refractivity contribution in [1.29, 1.82) is 0 Å². The summed E-state index contributed by atoms with van der Waals surface area (Å²) in [5.41, 5.74) is 2.54. The van der Waals surface area contributed by atoms with E-state index in [1.54, 1.807) is 0 Å². The molecular weight excluding hydrogens is 264 g/mol. The predicted molar refractivity (Wildman–Crippen MR) is 85.0 cm³/mol. The van der Waals surface area contributed by atoms with E-state index in [1.807, 2.05) is 0 Å². The molecule has 2 amide bonds. The van der Waals surface area contributed by atoms with Crippen molar-refractivity contribution in [3.05, 3.63) is 35.4 Å². The number of aryl methyl sites for hydroxylation is 2. The van der Waals surface area contributed by atoms with E-state index in [4.69, 9.17) is 0 Å². The molecule has 0 aliphatic carbocycles. The Bertz CT molecular complexity index is 441. The highest BCUT2D eigenvalue weighted by Gasteiger charge is 2.01. The van der Waals surface area contributed by atoms with Gasteiger partial charge in [-0.05, 0) is 38.2 Å². The van der Waals surface area contributed by atoms with Gasteiger partial charge in [0.25, 0.3) is 0 Å². The molecule has 0 saturated heterocycles. The minimum atomic E-state index is -0.00450. The number of hydrogen-bond acceptors (Lipinski definition) is 2. The largest absolute Gasteiger partial charge is 0.356 e. The number of rotatable bonds is 9. The molecule has 0 unspecified atom stereocenters. The van der Waals surface area contributed by atoms with Crippen LogP contribution in [-0.2, 0) is 16.0 Å². The van der Waals surface area contributed by atoms with Crippen molar-refractivity contribution in [2.75, 3.05) is 13.1 Å². The Morgan fingerprint density at radius 1 is 0.952 bits per heavy atom. The number of carbonyl (C=O) groups is 2. The van der Waals surface area contributed by atoms with Crippen molar-refractivity contribution < 1.29 is 9.59 Å². The van der Waals surface area contributed by atoms with Gasteiger partial charge < -0.3 is 10.6 Å². The van der Waals surface area contributed by atoms with Gasteiger partial charge in [-0.2, -0.15) is 0 Å². The molecule has 116 valence electrons. The van der Waals surface area contributed by atoms with Crippen LogP contribution in [0, 0.1) is 6.92 Å². The highest BCUT2D eigenvalue weighted by Crippen LogP contribution is 2.07. The molecular formula is C17H26N2O2. The molecule has 0 aliphatic rings. The second kappa shape index (κ2) is 9.97. The molecule has 0 heterocycles. The summed E-state index contributed by atoms with van der Waals surface area (Å²) >= 11 is 0. The van der Waals surface area contributed by atoms with Crippen LogP contribution in [0.5, 0.6) is 0 Å². The summed E-state index contributed by atoms with van der Waals surface area (Å²) in [7, 11) is 0. The van der Waals surface area contributed by atoms with Gasteiger partial charge in [0.05, 0.1) is 0 Å². The fraction of sp³-hybridized carbons (Fsp3) is 0.529. The van der Waals surface area contributed by atoms with Crippen LogP contribution in [0.2, 0.25) is 0 Å². The second-order valence-electron chi connectivity index (χ2n) is 5.38. The molecule has 21 heavy (non-hydrogen) atoms. The molecule has 1 rings (SSSR count). The number of carbonyl (C=O) groups excluding carboxylic acids is 2. The first-order chi connectivity index (χ1) is 10.1. The Hall–Kier alpha value is -1.84. The standard InChI is InChI=1S/C17H26N2O2/c1-14-8-10-16(11-9-14)6-5-7-17(21)19-13-4-3-12-18-15(2)20/h8-11H,3-7,12-13H2,1-2H3,(H,18,20)(H,19,21). The van der Waals surface area contributed by atoms with Crippen molar-refractivity contribution in [3.8, 4) is 0 Å². The third-order valence-corrected chi connectivity index (χ3v) is 3.29. The average molecular weight is 290 g/mol. The Kier molecular flexibility index (Phi) is 8.17. The van der Waals surface area contributed by atoms with Gasteiger partial charge in [0.2, 0.25) is 11.8 Å². The molecule has 0 atom stereocenters. The van der Waals surface area contributed by atoms with Gasteiger partial charge in [-0.1, -0.05) is 29.8 Å². The monoisotopic (exact) mass is 290 g/mol. The van der Waals surface area contributed by atoms with Gasteiger partial charge in [-0.25, -0.2) is 0 Å². The fourth-order valence-corrected chi connectivity index (χ4v) is 2.04. The normalized spacial score (nSPS) is 10.2. The molecule has 1 aromatic carbocycles. The van der Waals surface area contributed by atoms with Gasteiger partial charge >= 0.3 is 0 Å². The zero-order chi connectivity index (χ0) is 15.5. The maximum atomic E-state index is 11.6. The lowest BCUT2D eigenvalue weighted by Crippen LogP contribution is -2.26. The topological polar surface area (TPSA) is 58.2 Å². The van der Waals surface area contributed by atoms with E-state index < -0.39 is 0 Å². The highest BCUT2D eigenvalue weighted by molar-refractivity contribution is 5.75. The van der Waals surface area contributed by atoms with E-state index in [2.05, 4.69) is 41.8 Å². The maximum absolute atomic E-state index is 11.6. The molecule has 4 nitrogen and oxygen atoms in total. The minimum Gasteiger partial charge on any atom is -0.356 e. The minimum absolute atomic E-state index is 0.00450. The smallest absolute Gasteiger partial charge is 0.220 e. The van der Waals surface area contributed by atoms with Crippen LogP contribution in [-0.4, -0.2) is 24.9 Å². The van der Waals surface area contributed by atoms with Crippen LogP contribution < -0.4 is 10.6 Å². The van der Waals surface area contributed by atoms with Gasteiger partial charge in [-0.3, -0.25) is 9.59 Å². The van der Waals surface area contributed by atoms with Gasteiger partial charge in [0.1, 0.15) is 0 Å². The molecule has 4 heteroatoms. The molecule has 0 bridgehead atoms. The molecule has 0 radical (unpaired) electrons. The number of amides is 2. The molecule has 0 spiro atoms. The van der Waals surface area contributed by atoms with Crippen molar-refractivity contribution >= 4 is 11.8 Å². The third-order valence-electron chi connectivity index (χ3n) is 3.29. The summed E-state index contributed by atoms with van der Waals surface area (Å²) in [5.74, 6) is 0.108. The van der Waals surface area contributed by atoms with Gasteiger partial charge in [0.15, 0.2) is 0 Å². The van der Waals surface area contributed by atoms with Crippen LogP contribution in [0.15, 0.2) is 24.3 Å². The Morgan fingerprint density at radius 2 is 1.57 bits per heavy atom. The number of unbranched alkanes of at least 4 members (excludes halogenated alkanes) is 1. The average Bonchev–Trinajstić information content (AvgIpc) is 2.44. The quantitative estimate of drug-likeness (QED) is 0.686. The lowest BCUT2D eigenvalue weighted by atomic mass is 10.1. The zero-order valence-electron chi connectivity index (χ0n) is 13.1. The number of benzene rings is 1. The van der Waals surface area contributed by atoms with E-state index in [0.29, 0.717) is 19.5 Å². The first kappa shape index (κ1) is 17.2. The van der Waals surface area contributed by atoms with E-state index in [9.17, 15) is 9.59 Å². The molecule has 0 aromatic heterocycles. The third kappa shape index (κ3) is 8.84. The molecule has 1 aromatic rings. The van der Waals surface area contributed by atoms with E-state index in [1.165, 1.54) is 18.1 Å². The van der Waals surface area contributed by atoms with Crippen molar-refractivity contribution in [3.63, 3.8) is 0 Å². The SMILES string of the molecule is CC(=O)NCCCCNC(=O)CCCc1ccc(C)cc1. The van der Waals surface area contributed by atoms with Gasteiger partial charge in [0, 0.05) is 26.4 Å². The summed E-state index contributed by atoms with van der Waals surface area (Å²) < 4.78 is 0. The van der Waals surface area contributed by atoms with E-state index >= 15 is 0 Å². The zero-order valence-corrected chi connectivity index (χ0v) is 13.1. The van der Waals surface area contributed by atoms with E-state index in [-0.39, 0.29) is 11.8 Å². The number of nitrogens with one attached hydrogen (secondary N) is 2. The summed E-state index contributed by atoms with van der Waals surface area (Å²) in [6.45, 7) is 4.95. The van der Waals surface area contributed by atoms with Crippen molar-refractivity contribution in [2.24, 2.45) is 0 Å². The van der Waals surface area contributed by atoms with E-state index in [0.717, 1.165) is 25.7 Å². The molecule has 0 saturated carbocycles. The summed E-state index contributed by atoms with van der Waals surface area (Å²) in [6, 6.07) is 8.44. The lowest BCUT2D eigenvalue weighted by molar-refractivity contribution is -0.121. The maximum Gasteiger partial charge on any atom is 0.220 e. The first-order valence-corrected chi connectivity index (χ1v) is 7.64. The Labute approximate surface area is 127 Å². The molecule has 0 fully saturated rings. The van der Waals surface area contributed by atoms with Crippen LogP contribution in [0.3, 0.4) is 0 Å². The highest BCUT2D eigenvalue weighted by atomic mass is 16.2. The number of hydrogen-bond donors (Lipinski definition) is 2. The van der Waals surface area contributed by atoms with Gasteiger partial charge in [-0.15, -0.1) is 0 Å².